The molecule has 4 aromatic rings. The van der Waals surface area contributed by atoms with Crippen LogP contribution in [-0.2, 0) is 4.79 Å². The van der Waals surface area contributed by atoms with Crippen LogP contribution in [0.1, 0.15) is 54.1 Å². The highest BCUT2D eigenvalue weighted by Gasteiger charge is 2.43. The normalized spacial score (nSPS) is 17.0. The second-order valence-corrected chi connectivity index (χ2v) is 11.0. The number of hydrogen-bond acceptors (Lipinski definition) is 3. The molecule has 0 saturated carbocycles. The first-order valence-corrected chi connectivity index (χ1v) is 13.8. The fraction of sp³-hybridized carbons (Fsp3) is 0.258. The molecule has 0 aliphatic carbocycles. The van der Waals surface area contributed by atoms with Crippen LogP contribution in [0.5, 0.6) is 0 Å². The highest BCUT2D eigenvalue weighted by atomic mass is 35.5. The number of amides is 1. The van der Waals surface area contributed by atoms with Gasteiger partial charge >= 0.3 is 0 Å². The number of rotatable bonds is 6. The topological polar surface area (TPSA) is 62.2 Å². The van der Waals surface area contributed by atoms with E-state index in [1.54, 1.807) is 0 Å². The highest BCUT2D eigenvalue weighted by Crippen LogP contribution is 2.46. The number of benzene rings is 2. The van der Waals surface area contributed by atoms with Gasteiger partial charge in [-0.3, -0.25) is 9.78 Å². The number of para-hydroxylation sites is 1. The summed E-state index contributed by atoms with van der Waals surface area (Å²) in [5.41, 5.74) is 8.15. The molecule has 1 amide bonds. The van der Waals surface area contributed by atoms with Crippen LogP contribution in [0.2, 0.25) is 5.02 Å². The Balaban J connectivity index is 1.65. The van der Waals surface area contributed by atoms with Gasteiger partial charge in [-0.15, -0.1) is 0 Å². The van der Waals surface area contributed by atoms with Crippen molar-refractivity contribution in [1.82, 2.24) is 14.9 Å². The number of halogens is 1. The molecule has 2 aromatic carbocycles. The van der Waals surface area contributed by atoms with Crippen molar-refractivity contribution in [2.75, 3.05) is 10.2 Å². The van der Waals surface area contributed by atoms with Crippen LogP contribution in [0, 0.1) is 26.7 Å². The van der Waals surface area contributed by atoms with Crippen LogP contribution >= 0.6 is 23.8 Å². The van der Waals surface area contributed by atoms with Gasteiger partial charge in [-0.1, -0.05) is 49.7 Å². The Morgan fingerprint density at radius 2 is 1.72 bits per heavy atom. The van der Waals surface area contributed by atoms with E-state index in [0.717, 1.165) is 22.8 Å². The monoisotopic (exact) mass is 557 g/mol. The fourth-order valence-electron chi connectivity index (χ4n) is 5.36. The van der Waals surface area contributed by atoms with Crippen molar-refractivity contribution in [1.29, 1.82) is 0 Å². The lowest BCUT2D eigenvalue weighted by atomic mass is 9.93. The van der Waals surface area contributed by atoms with E-state index in [2.05, 4.69) is 65.1 Å². The van der Waals surface area contributed by atoms with Crippen LogP contribution in [0.4, 0.5) is 11.4 Å². The van der Waals surface area contributed by atoms with E-state index in [4.69, 9.17) is 28.8 Å². The summed E-state index contributed by atoms with van der Waals surface area (Å²) in [6, 6.07) is 21.6. The van der Waals surface area contributed by atoms with Crippen molar-refractivity contribution >= 4 is 46.2 Å². The zero-order chi connectivity index (χ0) is 27.8. The number of thiocarbonyl (C=S) groups is 1. The highest BCUT2D eigenvalue weighted by molar-refractivity contribution is 7.80. The number of carbonyl (C=O) groups excluding carboxylic acids is 1. The Kier molecular flexibility index (Phi) is 7.47. The molecule has 2 N–H and O–H groups in total. The Morgan fingerprint density at radius 1 is 1.00 bits per heavy atom. The summed E-state index contributed by atoms with van der Waals surface area (Å²) < 4.78 is 2.30. The molecule has 0 spiro atoms. The summed E-state index contributed by atoms with van der Waals surface area (Å²) in [6.45, 7) is 10.2. The average molecular weight is 558 g/mol. The molecule has 6 nitrogen and oxygen atoms in total. The number of pyridine rings is 1. The Morgan fingerprint density at radius 3 is 2.36 bits per heavy atom. The summed E-state index contributed by atoms with van der Waals surface area (Å²) in [5, 5.41) is 7.50. The van der Waals surface area contributed by atoms with Gasteiger partial charge < -0.3 is 20.1 Å². The van der Waals surface area contributed by atoms with Crippen LogP contribution in [0.25, 0.3) is 5.69 Å². The SMILES string of the molecule is Cc1c([C@@H]2[C@H](c3ccccn3)NC(=S)N2c2ccc(NC(=O)C(C)C)c(Cl)c2)c(C)n(-c2ccccc2)c1C. The quantitative estimate of drug-likeness (QED) is 0.245. The fourth-order valence-corrected chi connectivity index (χ4v) is 5.93. The third kappa shape index (κ3) is 4.92. The van der Waals surface area contributed by atoms with E-state index >= 15 is 0 Å². The van der Waals surface area contributed by atoms with Gasteiger partial charge in [0.15, 0.2) is 5.11 Å². The van der Waals surface area contributed by atoms with Crippen LogP contribution < -0.4 is 15.5 Å². The van der Waals surface area contributed by atoms with Gasteiger partial charge in [0.05, 0.1) is 28.5 Å². The Labute approximate surface area is 240 Å². The maximum absolute atomic E-state index is 12.3. The number of nitrogens with zero attached hydrogens (tertiary/aromatic N) is 3. The minimum Gasteiger partial charge on any atom is -0.351 e. The average Bonchev–Trinajstić information content (AvgIpc) is 3.37. The molecule has 0 radical (unpaired) electrons. The molecule has 3 heterocycles. The first-order valence-electron chi connectivity index (χ1n) is 13.0. The van der Waals surface area contributed by atoms with E-state index in [0.29, 0.717) is 15.8 Å². The molecule has 0 bridgehead atoms. The minimum atomic E-state index is -0.179. The molecule has 1 aliphatic rings. The number of hydrogen-bond donors (Lipinski definition) is 2. The lowest BCUT2D eigenvalue weighted by Gasteiger charge is -2.29. The largest absolute Gasteiger partial charge is 0.351 e. The van der Waals surface area contributed by atoms with Gasteiger partial charge in [0.25, 0.3) is 0 Å². The standard InChI is InChI=1S/C31H32ClN5OS/c1-18(2)30(38)34-25-15-14-23(17-24(25)32)37-29(28(35-31(37)39)26-13-9-10-16-33-26)27-19(3)20(4)36(21(27)5)22-11-7-6-8-12-22/h6-18,28-29H,1-5H3,(H,34,38)(H,35,39)/t28-,29+/m0/s1. The predicted octanol–water partition coefficient (Wildman–Crippen LogP) is 7.22. The lowest BCUT2D eigenvalue weighted by Crippen LogP contribution is -2.30. The van der Waals surface area contributed by atoms with E-state index in [9.17, 15) is 4.79 Å². The second-order valence-electron chi connectivity index (χ2n) is 10.2. The number of carbonyl (C=O) groups is 1. The van der Waals surface area contributed by atoms with Gasteiger partial charge in [0.1, 0.15) is 0 Å². The molecule has 2 atom stereocenters. The number of aromatic nitrogens is 2. The zero-order valence-corrected chi connectivity index (χ0v) is 24.3. The number of anilines is 2. The molecule has 5 rings (SSSR count). The summed E-state index contributed by atoms with van der Waals surface area (Å²) in [6.07, 6.45) is 1.81. The third-order valence-corrected chi connectivity index (χ3v) is 8.06. The van der Waals surface area contributed by atoms with Crippen molar-refractivity contribution in [3.05, 3.63) is 106 Å². The summed E-state index contributed by atoms with van der Waals surface area (Å²) in [4.78, 5) is 19.1. The second kappa shape index (κ2) is 10.8. The summed E-state index contributed by atoms with van der Waals surface area (Å²) >= 11 is 12.6. The van der Waals surface area contributed by atoms with E-state index in [1.807, 2.05) is 62.5 Å². The van der Waals surface area contributed by atoms with Gasteiger partial charge in [-0.2, -0.15) is 0 Å². The van der Waals surface area contributed by atoms with Crippen LogP contribution in [-0.4, -0.2) is 20.6 Å². The molecular formula is C31H32ClN5OS. The molecule has 0 unspecified atom stereocenters. The number of nitrogens with one attached hydrogen (secondary N) is 2. The van der Waals surface area contributed by atoms with Crippen molar-refractivity contribution in [3.63, 3.8) is 0 Å². The maximum Gasteiger partial charge on any atom is 0.226 e. The zero-order valence-electron chi connectivity index (χ0n) is 22.7. The molecule has 8 heteroatoms. The van der Waals surface area contributed by atoms with Gasteiger partial charge in [-0.05, 0) is 81.0 Å². The molecule has 1 saturated heterocycles. The Hall–Kier alpha value is -3.68. The first kappa shape index (κ1) is 26.9. The molecule has 2 aromatic heterocycles. The molecule has 1 aliphatic heterocycles. The van der Waals surface area contributed by atoms with E-state index in [1.165, 1.54) is 16.8 Å². The maximum atomic E-state index is 12.3. The first-order chi connectivity index (χ1) is 18.7. The molecular weight excluding hydrogens is 526 g/mol. The van der Waals surface area contributed by atoms with Gasteiger partial charge in [0, 0.05) is 40.4 Å². The van der Waals surface area contributed by atoms with E-state index < -0.39 is 0 Å². The summed E-state index contributed by atoms with van der Waals surface area (Å²) in [5.74, 6) is -0.234. The van der Waals surface area contributed by atoms with Crippen LogP contribution in [0.15, 0.2) is 72.9 Å². The van der Waals surface area contributed by atoms with Crippen molar-refractivity contribution in [2.24, 2.45) is 5.92 Å². The minimum absolute atomic E-state index is 0.0833. The van der Waals surface area contributed by atoms with Crippen molar-refractivity contribution in [3.8, 4) is 5.69 Å². The van der Waals surface area contributed by atoms with Crippen molar-refractivity contribution < 1.29 is 4.79 Å². The van der Waals surface area contributed by atoms with Crippen LogP contribution in [0.3, 0.4) is 0 Å². The molecule has 39 heavy (non-hydrogen) atoms. The van der Waals surface area contributed by atoms with Gasteiger partial charge in [-0.25, -0.2) is 0 Å². The Bertz CT molecular complexity index is 1530. The summed E-state index contributed by atoms with van der Waals surface area (Å²) in [7, 11) is 0. The lowest BCUT2D eigenvalue weighted by molar-refractivity contribution is -0.118. The molecule has 1 fully saturated rings. The smallest absolute Gasteiger partial charge is 0.226 e. The van der Waals surface area contributed by atoms with Crippen molar-refractivity contribution in [2.45, 2.75) is 46.7 Å². The molecule has 200 valence electrons. The van der Waals surface area contributed by atoms with E-state index in [-0.39, 0.29) is 23.9 Å². The third-order valence-electron chi connectivity index (χ3n) is 7.43. The van der Waals surface area contributed by atoms with Gasteiger partial charge in [0.2, 0.25) is 5.91 Å². The predicted molar refractivity (Wildman–Crippen MR) is 163 cm³/mol.